The SMILES string of the molecule is C[C@]12CCC(=O)NC1CCc1cc(Sc3ccc(Cl)cc3)ccc12. The van der Waals surface area contributed by atoms with Gasteiger partial charge >= 0.3 is 0 Å². The Labute approximate surface area is 152 Å². The Bertz CT molecular complexity index is 789. The molecule has 0 bridgehead atoms. The summed E-state index contributed by atoms with van der Waals surface area (Å²) in [5, 5.41) is 3.97. The largest absolute Gasteiger partial charge is 0.352 e. The highest BCUT2D eigenvalue weighted by atomic mass is 35.5. The third-order valence-corrected chi connectivity index (χ3v) is 6.67. The number of rotatable bonds is 2. The fourth-order valence-electron chi connectivity index (χ4n) is 4.02. The lowest BCUT2D eigenvalue weighted by atomic mass is 9.64. The van der Waals surface area contributed by atoms with Crippen molar-refractivity contribution in [1.29, 1.82) is 0 Å². The van der Waals surface area contributed by atoms with E-state index in [1.54, 1.807) is 11.8 Å². The van der Waals surface area contributed by atoms with Gasteiger partial charge in [-0.1, -0.05) is 36.4 Å². The Balaban J connectivity index is 1.62. The first-order valence-corrected chi connectivity index (χ1v) is 9.60. The molecule has 2 atom stereocenters. The van der Waals surface area contributed by atoms with Gasteiger partial charge < -0.3 is 5.32 Å². The third-order valence-electron chi connectivity index (χ3n) is 5.42. The highest BCUT2D eigenvalue weighted by Crippen LogP contribution is 2.44. The maximum atomic E-state index is 11.7. The van der Waals surface area contributed by atoms with Gasteiger partial charge in [0.25, 0.3) is 0 Å². The third kappa shape index (κ3) is 2.84. The van der Waals surface area contributed by atoms with E-state index in [1.807, 2.05) is 12.1 Å². The number of fused-ring (bicyclic) bond motifs is 3. The molecule has 1 aliphatic carbocycles. The van der Waals surface area contributed by atoms with Crippen molar-refractivity contribution in [2.24, 2.45) is 0 Å². The molecule has 0 saturated carbocycles. The highest BCUT2D eigenvalue weighted by Gasteiger charge is 2.43. The van der Waals surface area contributed by atoms with Crippen LogP contribution in [0, 0.1) is 0 Å². The van der Waals surface area contributed by atoms with Crippen LogP contribution in [0.4, 0.5) is 0 Å². The molecular weight excluding hydrogens is 338 g/mol. The minimum Gasteiger partial charge on any atom is -0.352 e. The lowest BCUT2D eigenvalue weighted by molar-refractivity contribution is -0.125. The molecule has 1 N–H and O–H groups in total. The lowest BCUT2D eigenvalue weighted by Gasteiger charge is -2.46. The second-order valence-electron chi connectivity index (χ2n) is 6.95. The van der Waals surface area contributed by atoms with Crippen molar-refractivity contribution < 1.29 is 4.79 Å². The highest BCUT2D eigenvalue weighted by molar-refractivity contribution is 7.99. The summed E-state index contributed by atoms with van der Waals surface area (Å²) < 4.78 is 0. The van der Waals surface area contributed by atoms with Crippen molar-refractivity contribution in [1.82, 2.24) is 5.32 Å². The van der Waals surface area contributed by atoms with Gasteiger partial charge in [-0.25, -0.2) is 0 Å². The van der Waals surface area contributed by atoms with Crippen molar-refractivity contribution in [2.45, 2.75) is 53.9 Å². The maximum absolute atomic E-state index is 11.7. The van der Waals surface area contributed by atoms with Crippen molar-refractivity contribution in [3.8, 4) is 0 Å². The van der Waals surface area contributed by atoms with Gasteiger partial charge in [0.2, 0.25) is 5.91 Å². The molecule has 2 nitrogen and oxygen atoms in total. The van der Waals surface area contributed by atoms with E-state index in [0.717, 1.165) is 24.3 Å². The summed E-state index contributed by atoms with van der Waals surface area (Å²) in [5.74, 6) is 0.204. The molecule has 0 radical (unpaired) electrons. The molecule has 1 saturated heterocycles. The molecule has 4 rings (SSSR count). The molecule has 1 heterocycles. The van der Waals surface area contributed by atoms with E-state index in [2.05, 4.69) is 42.6 Å². The maximum Gasteiger partial charge on any atom is 0.220 e. The van der Waals surface area contributed by atoms with Crippen LogP contribution < -0.4 is 5.32 Å². The smallest absolute Gasteiger partial charge is 0.220 e. The van der Waals surface area contributed by atoms with Crippen molar-refractivity contribution in [3.05, 3.63) is 58.6 Å². The molecule has 4 heteroatoms. The van der Waals surface area contributed by atoms with E-state index >= 15 is 0 Å². The fraction of sp³-hybridized carbons (Fsp3) is 0.350. The van der Waals surface area contributed by atoms with E-state index in [0.29, 0.717) is 6.42 Å². The molecule has 24 heavy (non-hydrogen) atoms. The first-order chi connectivity index (χ1) is 11.5. The molecule has 1 aliphatic heterocycles. The fourth-order valence-corrected chi connectivity index (χ4v) is 5.03. The molecule has 2 aliphatic rings. The van der Waals surface area contributed by atoms with Crippen LogP contribution in [0.2, 0.25) is 5.02 Å². The summed E-state index contributed by atoms with van der Waals surface area (Å²) in [6.45, 7) is 2.31. The standard InChI is InChI=1S/C20H20ClNOS/c1-20-11-10-19(23)22-18(20)9-2-13-12-16(7-8-17(13)20)24-15-5-3-14(21)4-6-15/h3-8,12,18H,2,9-11H2,1H3,(H,22,23)/t18?,20-/m1/s1. The van der Waals surface area contributed by atoms with E-state index in [1.165, 1.54) is 20.9 Å². The van der Waals surface area contributed by atoms with Crippen LogP contribution in [0.1, 0.15) is 37.3 Å². The van der Waals surface area contributed by atoms with Crippen LogP contribution in [0.3, 0.4) is 0 Å². The quantitative estimate of drug-likeness (QED) is 0.821. The number of piperidine rings is 1. The first-order valence-electron chi connectivity index (χ1n) is 8.41. The lowest BCUT2D eigenvalue weighted by Crippen LogP contribution is -2.55. The first kappa shape index (κ1) is 16.0. The Morgan fingerprint density at radius 1 is 1.12 bits per heavy atom. The van der Waals surface area contributed by atoms with Gasteiger partial charge in [0, 0.05) is 32.7 Å². The summed E-state index contributed by atoms with van der Waals surface area (Å²) in [4.78, 5) is 14.2. The van der Waals surface area contributed by atoms with Crippen LogP contribution in [-0.4, -0.2) is 11.9 Å². The van der Waals surface area contributed by atoms with Crippen molar-refractivity contribution in [3.63, 3.8) is 0 Å². The number of nitrogens with one attached hydrogen (secondary N) is 1. The van der Waals surface area contributed by atoms with Crippen LogP contribution in [0.25, 0.3) is 0 Å². The molecule has 2 aromatic rings. The minimum atomic E-state index is 0.0744. The molecule has 1 unspecified atom stereocenters. The van der Waals surface area contributed by atoms with Gasteiger partial charge in [-0.05, 0) is 66.8 Å². The topological polar surface area (TPSA) is 29.1 Å². The number of benzene rings is 2. The zero-order chi connectivity index (χ0) is 16.7. The Hall–Kier alpha value is -1.45. The monoisotopic (exact) mass is 357 g/mol. The van der Waals surface area contributed by atoms with Gasteiger partial charge in [0.1, 0.15) is 0 Å². The van der Waals surface area contributed by atoms with Gasteiger partial charge in [0.05, 0.1) is 0 Å². The van der Waals surface area contributed by atoms with Crippen LogP contribution >= 0.6 is 23.4 Å². The Morgan fingerprint density at radius 3 is 2.67 bits per heavy atom. The van der Waals surface area contributed by atoms with E-state index < -0.39 is 0 Å². The van der Waals surface area contributed by atoms with Crippen LogP contribution in [-0.2, 0) is 16.6 Å². The van der Waals surface area contributed by atoms with Crippen LogP contribution in [0.5, 0.6) is 0 Å². The molecule has 2 aromatic carbocycles. The van der Waals surface area contributed by atoms with Crippen molar-refractivity contribution >= 4 is 29.3 Å². The minimum absolute atomic E-state index is 0.0744. The van der Waals surface area contributed by atoms with Gasteiger partial charge in [-0.3, -0.25) is 4.79 Å². The summed E-state index contributed by atoms with van der Waals surface area (Å²) in [6.07, 6.45) is 3.64. The second-order valence-corrected chi connectivity index (χ2v) is 8.53. The van der Waals surface area contributed by atoms with Crippen LogP contribution in [0.15, 0.2) is 52.3 Å². The number of hydrogen-bond donors (Lipinski definition) is 1. The molecule has 0 aromatic heterocycles. The predicted octanol–water partition coefficient (Wildman–Crippen LogP) is 4.97. The van der Waals surface area contributed by atoms with E-state index in [-0.39, 0.29) is 17.4 Å². The van der Waals surface area contributed by atoms with Gasteiger partial charge in [-0.2, -0.15) is 0 Å². The summed E-state index contributed by atoms with van der Waals surface area (Å²) >= 11 is 7.73. The average molecular weight is 358 g/mol. The number of hydrogen-bond acceptors (Lipinski definition) is 2. The number of halogens is 1. The number of carbonyl (C=O) groups excluding carboxylic acids is 1. The van der Waals surface area contributed by atoms with Crippen molar-refractivity contribution in [2.75, 3.05) is 0 Å². The Morgan fingerprint density at radius 2 is 1.88 bits per heavy atom. The predicted molar refractivity (Wildman–Crippen MR) is 98.9 cm³/mol. The van der Waals surface area contributed by atoms with E-state index in [9.17, 15) is 4.79 Å². The molecule has 124 valence electrons. The molecular formula is C20H20ClNOS. The Kier molecular flexibility index (Phi) is 4.09. The number of carbonyl (C=O) groups is 1. The summed E-state index contributed by atoms with van der Waals surface area (Å²) in [6, 6.07) is 15.1. The second kappa shape index (κ2) is 6.12. The summed E-state index contributed by atoms with van der Waals surface area (Å²) in [7, 11) is 0. The van der Waals surface area contributed by atoms with Gasteiger partial charge in [-0.15, -0.1) is 0 Å². The molecule has 0 spiro atoms. The zero-order valence-corrected chi connectivity index (χ0v) is 15.2. The average Bonchev–Trinajstić information content (AvgIpc) is 2.58. The zero-order valence-electron chi connectivity index (χ0n) is 13.6. The number of amides is 1. The molecule has 1 fully saturated rings. The van der Waals surface area contributed by atoms with E-state index in [4.69, 9.17) is 11.6 Å². The summed E-state index contributed by atoms with van der Waals surface area (Å²) in [5.41, 5.74) is 2.92. The molecule has 1 amide bonds. The normalized spacial score (nSPS) is 25.6. The van der Waals surface area contributed by atoms with Gasteiger partial charge in [0.15, 0.2) is 0 Å². The number of aryl methyl sites for hydroxylation is 1.